The summed E-state index contributed by atoms with van der Waals surface area (Å²) >= 11 is 1.61. The van der Waals surface area contributed by atoms with E-state index in [0.717, 1.165) is 10.7 Å². The fraction of sp³-hybridized carbons (Fsp3) is 0.412. The van der Waals surface area contributed by atoms with Crippen molar-refractivity contribution in [3.05, 3.63) is 45.9 Å². The van der Waals surface area contributed by atoms with Crippen LogP contribution in [0.2, 0.25) is 0 Å². The SMILES string of the molecule is Cc1csc(C(C)(C)NCC(O)COc2ccc(C#N)cc2)n1. The molecule has 0 radical (unpaired) electrons. The van der Waals surface area contributed by atoms with Crippen molar-refractivity contribution in [1.82, 2.24) is 10.3 Å². The van der Waals surface area contributed by atoms with Crippen molar-refractivity contribution in [2.75, 3.05) is 13.2 Å². The minimum absolute atomic E-state index is 0.186. The first kappa shape index (κ1) is 17.4. The molecule has 23 heavy (non-hydrogen) atoms. The Bertz CT molecular complexity index is 674. The van der Waals surface area contributed by atoms with E-state index in [0.29, 0.717) is 17.9 Å². The van der Waals surface area contributed by atoms with Crippen molar-refractivity contribution in [2.45, 2.75) is 32.4 Å². The molecule has 0 aliphatic rings. The number of hydrogen-bond donors (Lipinski definition) is 2. The third-order valence-corrected chi connectivity index (χ3v) is 4.64. The molecule has 1 heterocycles. The van der Waals surface area contributed by atoms with Crippen LogP contribution in [0.4, 0.5) is 0 Å². The highest BCUT2D eigenvalue weighted by atomic mass is 32.1. The van der Waals surface area contributed by atoms with Crippen molar-refractivity contribution in [3.8, 4) is 11.8 Å². The van der Waals surface area contributed by atoms with E-state index in [4.69, 9.17) is 10.00 Å². The topological polar surface area (TPSA) is 78.2 Å². The van der Waals surface area contributed by atoms with E-state index in [9.17, 15) is 5.11 Å². The quantitative estimate of drug-likeness (QED) is 0.815. The molecular formula is C17H21N3O2S. The molecule has 6 heteroatoms. The number of benzene rings is 1. The van der Waals surface area contributed by atoms with Gasteiger partial charge in [-0.15, -0.1) is 11.3 Å². The third kappa shape index (κ3) is 5.03. The first-order chi connectivity index (χ1) is 10.9. The highest BCUT2D eigenvalue weighted by Crippen LogP contribution is 2.23. The van der Waals surface area contributed by atoms with Gasteiger partial charge in [-0.25, -0.2) is 4.98 Å². The Kier molecular flexibility index (Phi) is 5.72. The number of aliphatic hydroxyl groups excluding tert-OH is 1. The van der Waals surface area contributed by atoms with E-state index in [2.05, 4.69) is 16.4 Å². The largest absolute Gasteiger partial charge is 0.491 e. The Morgan fingerprint density at radius 1 is 1.39 bits per heavy atom. The number of ether oxygens (including phenoxy) is 1. The van der Waals surface area contributed by atoms with Crippen LogP contribution >= 0.6 is 11.3 Å². The first-order valence-electron chi connectivity index (χ1n) is 7.39. The summed E-state index contributed by atoms with van der Waals surface area (Å²) in [5.74, 6) is 0.637. The summed E-state index contributed by atoms with van der Waals surface area (Å²) in [6, 6.07) is 8.88. The fourth-order valence-electron chi connectivity index (χ4n) is 1.97. The average molecular weight is 331 g/mol. The zero-order valence-corrected chi connectivity index (χ0v) is 14.4. The first-order valence-corrected chi connectivity index (χ1v) is 8.27. The smallest absolute Gasteiger partial charge is 0.119 e. The second-order valence-electron chi connectivity index (χ2n) is 5.90. The van der Waals surface area contributed by atoms with Crippen LogP contribution in [0.3, 0.4) is 0 Å². The summed E-state index contributed by atoms with van der Waals surface area (Å²) < 4.78 is 5.53. The van der Waals surface area contributed by atoms with E-state index >= 15 is 0 Å². The lowest BCUT2D eigenvalue weighted by molar-refractivity contribution is 0.0987. The van der Waals surface area contributed by atoms with Crippen molar-refractivity contribution < 1.29 is 9.84 Å². The Morgan fingerprint density at radius 3 is 2.65 bits per heavy atom. The molecule has 1 unspecified atom stereocenters. The molecule has 0 saturated carbocycles. The van der Waals surface area contributed by atoms with Gasteiger partial charge in [0.05, 0.1) is 17.2 Å². The van der Waals surface area contributed by atoms with Crippen LogP contribution in [0.5, 0.6) is 5.75 Å². The Hall–Kier alpha value is -1.94. The molecule has 0 amide bonds. The number of rotatable bonds is 7. The predicted octanol–water partition coefficient (Wildman–Crippen LogP) is 2.59. The van der Waals surface area contributed by atoms with Crippen LogP contribution in [0.15, 0.2) is 29.6 Å². The van der Waals surface area contributed by atoms with Crippen molar-refractivity contribution in [1.29, 1.82) is 5.26 Å². The fourth-order valence-corrected chi connectivity index (χ4v) is 2.87. The van der Waals surface area contributed by atoms with Crippen LogP contribution in [0, 0.1) is 18.3 Å². The molecule has 0 aliphatic heterocycles. The van der Waals surface area contributed by atoms with Gasteiger partial charge in [0.25, 0.3) is 0 Å². The molecule has 0 bridgehead atoms. The zero-order valence-electron chi connectivity index (χ0n) is 13.5. The normalized spacial score (nSPS) is 12.7. The van der Waals surface area contributed by atoms with Gasteiger partial charge in [0, 0.05) is 17.6 Å². The Labute approximate surface area is 140 Å². The predicted molar refractivity (Wildman–Crippen MR) is 90.5 cm³/mol. The Balaban J connectivity index is 1.80. The molecule has 0 fully saturated rings. The van der Waals surface area contributed by atoms with Gasteiger partial charge in [0.2, 0.25) is 0 Å². The molecule has 2 rings (SSSR count). The van der Waals surface area contributed by atoms with Crippen molar-refractivity contribution in [2.24, 2.45) is 0 Å². The summed E-state index contributed by atoms with van der Waals surface area (Å²) in [7, 11) is 0. The molecule has 2 aromatic rings. The molecule has 1 atom stereocenters. The van der Waals surface area contributed by atoms with Crippen molar-refractivity contribution >= 4 is 11.3 Å². The molecule has 1 aromatic carbocycles. The van der Waals surface area contributed by atoms with Gasteiger partial charge < -0.3 is 15.2 Å². The maximum atomic E-state index is 10.1. The summed E-state index contributed by atoms with van der Waals surface area (Å²) in [6.07, 6.45) is -0.633. The van der Waals surface area contributed by atoms with E-state index in [-0.39, 0.29) is 12.1 Å². The minimum atomic E-state index is -0.633. The third-order valence-electron chi connectivity index (χ3n) is 3.36. The van der Waals surface area contributed by atoms with Crippen molar-refractivity contribution in [3.63, 3.8) is 0 Å². The highest BCUT2D eigenvalue weighted by Gasteiger charge is 2.24. The van der Waals surface area contributed by atoms with E-state index < -0.39 is 6.10 Å². The molecule has 1 aromatic heterocycles. The van der Waals surface area contributed by atoms with Gasteiger partial charge in [-0.3, -0.25) is 0 Å². The van der Waals surface area contributed by atoms with Gasteiger partial charge in [-0.2, -0.15) is 5.26 Å². The number of aryl methyl sites for hydroxylation is 1. The van der Waals surface area contributed by atoms with Crippen LogP contribution in [-0.4, -0.2) is 29.3 Å². The zero-order chi connectivity index (χ0) is 16.9. The average Bonchev–Trinajstić information content (AvgIpc) is 2.99. The molecule has 2 N–H and O–H groups in total. The van der Waals surface area contributed by atoms with Gasteiger partial charge in [-0.1, -0.05) is 0 Å². The monoisotopic (exact) mass is 331 g/mol. The lowest BCUT2D eigenvalue weighted by Gasteiger charge is -2.25. The number of aromatic nitrogens is 1. The maximum absolute atomic E-state index is 10.1. The van der Waals surface area contributed by atoms with Gasteiger partial charge in [0.1, 0.15) is 23.5 Å². The summed E-state index contributed by atoms with van der Waals surface area (Å²) in [4.78, 5) is 4.49. The van der Waals surface area contributed by atoms with Gasteiger partial charge in [0.15, 0.2) is 0 Å². The summed E-state index contributed by atoms with van der Waals surface area (Å²) in [5.41, 5.74) is 1.29. The minimum Gasteiger partial charge on any atom is -0.491 e. The van der Waals surface area contributed by atoms with E-state index in [1.165, 1.54) is 0 Å². The van der Waals surface area contributed by atoms with Crippen LogP contribution in [-0.2, 0) is 5.54 Å². The molecule has 0 spiro atoms. The molecule has 122 valence electrons. The van der Waals surface area contributed by atoms with Crippen LogP contribution in [0.1, 0.15) is 30.1 Å². The standard InChI is InChI=1S/C17H21N3O2S/c1-12-11-23-16(20-12)17(2,3)19-9-14(21)10-22-15-6-4-13(8-18)5-7-15/h4-7,11,14,19,21H,9-10H2,1-3H3. The highest BCUT2D eigenvalue weighted by molar-refractivity contribution is 7.09. The lowest BCUT2D eigenvalue weighted by Crippen LogP contribution is -2.42. The lowest BCUT2D eigenvalue weighted by atomic mass is 10.1. The summed E-state index contributed by atoms with van der Waals surface area (Å²) in [6.45, 7) is 6.64. The number of hydrogen-bond acceptors (Lipinski definition) is 6. The second kappa shape index (κ2) is 7.55. The van der Waals surface area contributed by atoms with E-state index in [1.807, 2.05) is 26.2 Å². The molecule has 0 aliphatic carbocycles. The van der Waals surface area contributed by atoms with E-state index in [1.54, 1.807) is 35.6 Å². The number of thiazole rings is 1. The number of nitrogens with zero attached hydrogens (tertiary/aromatic N) is 2. The number of nitrogens with one attached hydrogen (secondary N) is 1. The van der Waals surface area contributed by atoms with Crippen LogP contribution in [0.25, 0.3) is 0 Å². The summed E-state index contributed by atoms with van der Waals surface area (Å²) in [5, 5.41) is 25.1. The number of aliphatic hydroxyl groups is 1. The van der Waals surface area contributed by atoms with Crippen LogP contribution < -0.4 is 10.1 Å². The van der Waals surface area contributed by atoms with Gasteiger partial charge in [-0.05, 0) is 45.0 Å². The molecule has 5 nitrogen and oxygen atoms in total. The maximum Gasteiger partial charge on any atom is 0.119 e. The van der Waals surface area contributed by atoms with Gasteiger partial charge >= 0.3 is 0 Å². The second-order valence-corrected chi connectivity index (χ2v) is 6.76. The number of nitriles is 1. The molecule has 0 saturated heterocycles. The Morgan fingerprint density at radius 2 is 2.09 bits per heavy atom. The molecular weight excluding hydrogens is 310 g/mol.